The number of ether oxygens (including phenoxy) is 1. The van der Waals surface area contributed by atoms with E-state index in [0.29, 0.717) is 13.2 Å². The number of aryl methyl sites for hydroxylation is 1. The smallest absolute Gasteiger partial charge is 0.317 e. The lowest BCUT2D eigenvalue weighted by molar-refractivity contribution is -0.139. The van der Waals surface area contributed by atoms with E-state index in [4.69, 9.17) is 9.84 Å². The molecule has 0 aromatic heterocycles. The second kappa shape index (κ2) is 7.20. The van der Waals surface area contributed by atoms with E-state index in [9.17, 15) is 4.79 Å². The van der Waals surface area contributed by atoms with E-state index in [1.807, 2.05) is 4.90 Å². The van der Waals surface area contributed by atoms with Crippen molar-refractivity contribution in [2.45, 2.75) is 25.3 Å². The SMILES string of the molecule is COCCN(CC(=O)O)C1CCc2cc(Br)ccc2C1. The molecule has 0 aliphatic heterocycles. The highest BCUT2D eigenvalue weighted by atomic mass is 79.9. The van der Waals surface area contributed by atoms with Gasteiger partial charge in [-0.1, -0.05) is 22.0 Å². The lowest BCUT2D eigenvalue weighted by Crippen LogP contribution is -2.44. The molecular weight excluding hydrogens is 322 g/mol. The van der Waals surface area contributed by atoms with Crippen molar-refractivity contribution in [2.24, 2.45) is 0 Å². The third-order valence-electron chi connectivity index (χ3n) is 3.81. The first kappa shape index (κ1) is 15.5. The topological polar surface area (TPSA) is 49.8 Å². The van der Waals surface area contributed by atoms with Crippen molar-refractivity contribution in [3.63, 3.8) is 0 Å². The van der Waals surface area contributed by atoms with Crippen molar-refractivity contribution < 1.29 is 14.6 Å². The summed E-state index contributed by atoms with van der Waals surface area (Å²) in [4.78, 5) is 13.0. The number of fused-ring (bicyclic) bond motifs is 1. The van der Waals surface area contributed by atoms with Crippen LogP contribution in [0.4, 0.5) is 0 Å². The molecule has 0 bridgehead atoms. The fourth-order valence-electron chi connectivity index (χ4n) is 2.79. The van der Waals surface area contributed by atoms with Crippen LogP contribution in [-0.2, 0) is 22.4 Å². The van der Waals surface area contributed by atoms with Crippen LogP contribution in [-0.4, -0.2) is 48.8 Å². The number of hydrogen-bond donors (Lipinski definition) is 1. The summed E-state index contributed by atoms with van der Waals surface area (Å²) >= 11 is 3.50. The van der Waals surface area contributed by atoms with Gasteiger partial charge < -0.3 is 9.84 Å². The second-order valence-corrected chi connectivity index (χ2v) is 6.08. The molecule has 0 saturated heterocycles. The molecule has 1 atom stereocenters. The fraction of sp³-hybridized carbons (Fsp3) is 0.533. The Hall–Kier alpha value is -0.910. The molecule has 1 unspecified atom stereocenters. The molecule has 1 N–H and O–H groups in total. The fourth-order valence-corrected chi connectivity index (χ4v) is 3.20. The third-order valence-corrected chi connectivity index (χ3v) is 4.30. The number of hydrogen-bond acceptors (Lipinski definition) is 3. The van der Waals surface area contributed by atoms with E-state index >= 15 is 0 Å². The maximum Gasteiger partial charge on any atom is 0.317 e. The molecule has 1 aliphatic carbocycles. The van der Waals surface area contributed by atoms with Gasteiger partial charge in [0.05, 0.1) is 13.2 Å². The number of benzene rings is 1. The Balaban J connectivity index is 2.07. The molecule has 0 fully saturated rings. The van der Waals surface area contributed by atoms with Gasteiger partial charge in [0.1, 0.15) is 0 Å². The van der Waals surface area contributed by atoms with Gasteiger partial charge in [0.25, 0.3) is 0 Å². The van der Waals surface area contributed by atoms with Crippen LogP contribution in [0.5, 0.6) is 0 Å². The summed E-state index contributed by atoms with van der Waals surface area (Å²) in [6, 6.07) is 6.65. The van der Waals surface area contributed by atoms with Crippen LogP contribution in [0.2, 0.25) is 0 Å². The Morgan fingerprint density at radius 3 is 3.00 bits per heavy atom. The molecule has 0 saturated carbocycles. The molecular formula is C15H20BrNO3. The minimum absolute atomic E-state index is 0.0832. The zero-order chi connectivity index (χ0) is 14.5. The predicted molar refractivity (Wildman–Crippen MR) is 81.0 cm³/mol. The molecule has 1 aromatic rings. The van der Waals surface area contributed by atoms with Crippen LogP contribution >= 0.6 is 15.9 Å². The molecule has 0 spiro atoms. The van der Waals surface area contributed by atoms with Gasteiger partial charge in [-0.15, -0.1) is 0 Å². The number of halogens is 1. The van der Waals surface area contributed by atoms with Crippen LogP contribution in [0.3, 0.4) is 0 Å². The van der Waals surface area contributed by atoms with Crippen molar-refractivity contribution in [3.05, 3.63) is 33.8 Å². The van der Waals surface area contributed by atoms with Crippen molar-refractivity contribution in [1.82, 2.24) is 4.90 Å². The van der Waals surface area contributed by atoms with E-state index in [2.05, 4.69) is 34.1 Å². The van der Waals surface area contributed by atoms with Gasteiger partial charge >= 0.3 is 5.97 Å². The molecule has 0 radical (unpaired) electrons. The number of aliphatic carboxylic acids is 1. The van der Waals surface area contributed by atoms with Gasteiger partial charge in [0, 0.05) is 24.2 Å². The number of methoxy groups -OCH3 is 1. The largest absolute Gasteiger partial charge is 0.480 e. The first-order valence-electron chi connectivity index (χ1n) is 6.82. The summed E-state index contributed by atoms with van der Waals surface area (Å²) in [6.07, 6.45) is 2.92. The summed E-state index contributed by atoms with van der Waals surface area (Å²) in [7, 11) is 1.65. The average Bonchev–Trinajstić information content (AvgIpc) is 2.42. The molecule has 1 aromatic carbocycles. The summed E-state index contributed by atoms with van der Waals surface area (Å²) in [5.41, 5.74) is 2.70. The molecule has 20 heavy (non-hydrogen) atoms. The molecule has 2 rings (SSSR count). The molecule has 1 aliphatic rings. The van der Waals surface area contributed by atoms with Gasteiger partial charge in [0.2, 0.25) is 0 Å². The number of carbonyl (C=O) groups is 1. The Kier molecular flexibility index (Phi) is 5.57. The first-order valence-corrected chi connectivity index (χ1v) is 7.61. The van der Waals surface area contributed by atoms with Crippen LogP contribution < -0.4 is 0 Å². The number of rotatable bonds is 6. The zero-order valence-electron chi connectivity index (χ0n) is 11.6. The van der Waals surface area contributed by atoms with Crippen LogP contribution in [0.15, 0.2) is 22.7 Å². The number of carboxylic acid groups (broad SMARTS) is 1. The summed E-state index contributed by atoms with van der Waals surface area (Å²) in [5, 5.41) is 9.06. The van der Waals surface area contributed by atoms with Crippen molar-refractivity contribution in [2.75, 3.05) is 26.8 Å². The lowest BCUT2D eigenvalue weighted by Gasteiger charge is -2.34. The summed E-state index contributed by atoms with van der Waals surface area (Å²) in [5.74, 6) is -0.775. The second-order valence-electron chi connectivity index (χ2n) is 5.17. The minimum atomic E-state index is -0.775. The maximum atomic E-state index is 11.0. The molecule has 110 valence electrons. The molecule has 5 heteroatoms. The quantitative estimate of drug-likeness (QED) is 0.862. The van der Waals surface area contributed by atoms with E-state index in [1.54, 1.807) is 7.11 Å². The standard InChI is InChI=1S/C15H20BrNO3/c1-20-7-6-17(10-15(18)19)14-5-3-11-8-13(16)4-2-12(11)9-14/h2,4,8,14H,3,5-7,9-10H2,1H3,(H,18,19). The minimum Gasteiger partial charge on any atom is -0.480 e. The van der Waals surface area contributed by atoms with Gasteiger partial charge in [-0.2, -0.15) is 0 Å². The average molecular weight is 342 g/mol. The highest BCUT2D eigenvalue weighted by molar-refractivity contribution is 9.10. The van der Waals surface area contributed by atoms with Crippen molar-refractivity contribution in [3.8, 4) is 0 Å². The van der Waals surface area contributed by atoms with Crippen LogP contribution in [0, 0.1) is 0 Å². The molecule has 0 amide bonds. The van der Waals surface area contributed by atoms with Gasteiger partial charge in [-0.25, -0.2) is 0 Å². The van der Waals surface area contributed by atoms with E-state index < -0.39 is 5.97 Å². The van der Waals surface area contributed by atoms with Gasteiger partial charge in [-0.3, -0.25) is 9.69 Å². The Bertz CT molecular complexity index is 478. The number of nitrogens with zero attached hydrogens (tertiary/aromatic N) is 1. The van der Waals surface area contributed by atoms with Crippen molar-refractivity contribution in [1.29, 1.82) is 0 Å². The summed E-state index contributed by atoms with van der Waals surface area (Å²) in [6.45, 7) is 1.32. The third kappa shape index (κ3) is 4.04. The zero-order valence-corrected chi connectivity index (χ0v) is 13.2. The predicted octanol–water partition coefficient (Wildman–Crippen LogP) is 2.34. The van der Waals surface area contributed by atoms with Crippen molar-refractivity contribution >= 4 is 21.9 Å². The summed E-state index contributed by atoms with van der Waals surface area (Å²) < 4.78 is 6.20. The van der Waals surface area contributed by atoms with E-state index in [-0.39, 0.29) is 12.6 Å². The monoisotopic (exact) mass is 341 g/mol. The highest BCUT2D eigenvalue weighted by Gasteiger charge is 2.25. The van der Waals surface area contributed by atoms with Crippen LogP contribution in [0.25, 0.3) is 0 Å². The Labute approximate surface area is 127 Å². The molecule has 4 nitrogen and oxygen atoms in total. The molecule has 0 heterocycles. The maximum absolute atomic E-state index is 11.0. The Morgan fingerprint density at radius 2 is 2.30 bits per heavy atom. The van der Waals surface area contributed by atoms with Crippen LogP contribution in [0.1, 0.15) is 17.5 Å². The first-order chi connectivity index (χ1) is 9.60. The lowest BCUT2D eigenvalue weighted by atomic mass is 9.87. The normalized spacial score (nSPS) is 18.1. The highest BCUT2D eigenvalue weighted by Crippen LogP contribution is 2.27. The number of carboxylic acids is 1. The van der Waals surface area contributed by atoms with E-state index in [1.165, 1.54) is 11.1 Å². The van der Waals surface area contributed by atoms with Gasteiger partial charge in [0.15, 0.2) is 0 Å². The van der Waals surface area contributed by atoms with Gasteiger partial charge in [-0.05, 0) is 42.5 Å². The van der Waals surface area contributed by atoms with E-state index in [0.717, 1.165) is 23.7 Å². The Morgan fingerprint density at radius 1 is 1.50 bits per heavy atom.